The first kappa shape index (κ1) is 23.2. The van der Waals surface area contributed by atoms with Crippen LogP contribution in [0.4, 0.5) is 5.69 Å². The third kappa shape index (κ3) is 6.78. The number of hydrogen-bond donors (Lipinski definition) is 2. The van der Waals surface area contributed by atoms with Gasteiger partial charge in [-0.15, -0.1) is 0 Å². The summed E-state index contributed by atoms with van der Waals surface area (Å²) in [6.45, 7) is 4.88. The lowest BCUT2D eigenvalue weighted by Gasteiger charge is -2.13. The summed E-state index contributed by atoms with van der Waals surface area (Å²) in [7, 11) is 0. The second kappa shape index (κ2) is 10.6. The van der Waals surface area contributed by atoms with Gasteiger partial charge in [0.15, 0.2) is 5.11 Å². The number of rotatable bonds is 6. The van der Waals surface area contributed by atoms with Gasteiger partial charge in [-0.05, 0) is 70.8 Å². The van der Waals surface area contributed by atoms with Gasteiger partial charge in [0.2, 0.25) is 0 Å². The standard InChI is InChI=1S/C19H18BrCl3N2O2S/c1-10(2)5-6-27-17-4-3-11(7-12(17)20)18(26)25-19(28)24-16-9-14(22)13(21)8-15(16)23/h3-4,7-10H,5-6H2,1-2H3,(H2,24,25,26,28). The van der Waals surface area contributed by atoms with Crippen LogP contribution in [-0.4, -0.2) is 17.6 Å². The minimum absolute atomic E-state index is 0.0821. The highest BCUT2D eigenvalue weighted by Crippen LogP contribution is 2.32. The summed E-state index contributed by atoms with van der Waals surface area (Å²) >= 11 is 26.6. The Hall–Kier alpha value is -1.05. The lowest BCUT2D eigenvalue weighted by Crippen LogP contribution is -2.34. The second-order valence-corrected chi connectivity index (χ2v) is 8.81. The molecule has 0 heterocycles. The molecule has 2 rings (SSSR count). The number of thiocarbonyl (C=S) groups is 1. The molecule has 0 aliphatic carbocycles. The van der Waals surface area contributed by atoms with E-state index in [0.717, 1.165) is 6.42 Å². The van der Waals surface area contributed by atoms with Gasteiger partial charge in [0, 0.05) is 5.56 Å². The number of anilines is 1. The molecule has 0 aliphatic heterocycles. The van der Waals surface area contributed by atoms with E-state index in [9.17, 15) is 4.79 Å². The summed E-state index contributed by atoms with van der Waals surface area (Å²) in [5.41, 5.74) is 0.865. The Labute approximate surface area is 193 Å². The van der Waals surface area contributed by atoms with E-state index in [-0.39, 0.29) is 11.0 Å². The Morgan fingerprint density at radius 3 is 2.46 bits per heavy atom. The maximum Gasteiger partial charge on any atom is 0.257 e. The molecule has 0 bridgehead atoms. The highest BCUT2D eigenvalue weighted by atomic mass is 79.9. The molecule has 150 valence electrons. The van der Waals surface area contributed by atoms with Crippen molar-refractivity contribution in [3.63, 3.8) is 0 Å². The van der Waals surface area contributed by atoms with Crippen LogP contribution in [0.15, 0.2) is 34.8 Å². The van der Waals surface area contributed by atoms with E-state index < -0.39 is 0 Å². The monoisotopic (exact) mass is 522 g/mol. The quantitative estimate of drug-likeness (QED) is 0.317. The zero-order valence-corrected chi connectivity index (χ0v) is 19.8. The number of ether oxygens (including phenoxy) is 1. The third-order valence-electron chi connectivity index (χ3n) is 3.63. The molecule has 0 aromatic heterocycles. The molecule has 0 unspecified atom stereocenters. The summed E-state index contributed by atoms with van der Waals surface area (Å²) in [5.74, 6) is 0.866. The zero-order chi connectivity index (χ0) is 20.8. The third-order valence-corrected chi connectivity index (χ3v) is 5.49. The van der Waals surface area contributed by atoms with Crippen molar-refractivity contribution < 1.29 is 9.53 Å². The van der Waals surface area contributed by atoms with Crippen LogP contribution in [0.3, 0.4) is 0 Å². The zero-order valence-electron chi connectivity index (χ0n) is 15.1. The molecule has 0 fully saturated rings. The summed E-state index contributed by atoms with van der Waals surface area (Å²) in [6, 6.07) is 8.11. The van der Waals surface area contributed by atoms with Crippen LogP contribution < -0.4 is 15.4 Å². The highest BCUT2D eigenvalue weighted by molar-refractivity contribution is 9.10. The van der Waals surface area contributed by atoms with Gasteiger partial charge in [0.05, 0.1) is 31.8 Å². The van der Waals surface area contributed by atoms with Crippen molar-refractivity contribution >= 4 is 79.7 Å². The Bertz CT molecular complexity index is 894. The molecule has 0 radical (unpaired) electrons. The van der Waals surface area contributed by atoms with E-state index >= 15 is 0 Å². The normalized spacial score (nSPS) is 10.7. The van der Waals surface area contributed by atoms with Crippen LogP contribution in [-0.2, 0) is 0 Å². The fourth-order valence-electron chi connectivity index (χ4n) is 2.11. The smallest absolute Gasteiger partial charge is 0.257 e. The van der Waals surface area contributed by atoms with Crippen LogP contribution >= 0.6 is 63.0 Å². The number of hydrogen-bond acceptors (Lipinski definition) is 3. The number of benzene rings is 2. The Balaban J connectivity index is 1.99. The van der Waals surface area contributed by atoms with Crippen LogP contribution in [0.25, 0.3) is 0 Å². The lowest BCUT2D eigenvalue weighted by atomic mass is 10.1. The van der Waals surface area contributed by atoms with Gasteiger partial charge in [-0.3, -0.25) is 10.1 Å². The van der Waals surface area contributed by atoms with Crippen molar-refractivity contribution in [3.05, 3.63) is 55.4 Å². The molecular weight excluding hydrogens is 507 g/mol. The molecule has 2 aromatic carbocycles. The maximum atomic E-state index is 12.4. The number of amides is 1. The van der Waals surface area contributed by atoms with E-state index in [4.69, 9.17) is 51.8 Å². The van der Waals surface area contributed by atoms with Gasteiger partial charge in [-0.1, -0.05) is 48.7 Å². The summed E-state index contributed by atoms with van der Waals surface area (Å²) in [5, 5.41) is 6.49. The summed E-state index contributed by atoms with van der Waals surface area (Å²) in [6.07, 6.45) is 0.950. The first-order valence-corrected chi connectivity index (χ1v) is 10.7. The molecule has 2 N–H and O–H groups in total. The number of halogens is 4. The Morgan fingerprint density at radius 2 is 1.82 bits per heavy atom. The Morgan fingerprint density at radius 1 is 1.14 bits per heavy atom. The Kier molecular flexibility index (Phi) is 8.83. The van der Waals surface area contributed by atoms with Gasteiger partial charge in [0.1, 0.15) is 5.75 Å². The second-order valence-electron chi connectivity index (χ2n) is 6.33. The van der Waals surface area contributed by atoms with E-state index in [1.54, 1.807) is 18.2 Å². The summed E-state index contributed by atoms with van der Waals surface area (Å²) < 4.78 is 6.41. The number of nitrogens with one attached hydrogen (secondary N) is 2. The average molecular weight is 525 g/mol. The maximum absolute atomic E-state index is 12.4. The van der Waals surface area contributed by atoms with Crippen LogP contribution in [0.5, 0.6) is 5.75 Å². The molecule has 0 saturated carbocycles. The average Bonchev–Trinajstić information content (AvgIpc) is 2.60. The van der Waals surface area contributed by atoms with Gasteiger partial charge < -0.3 is 10.1 Å². The number of carbonyl (C=O) groups excluding carboxylic acids is 1. The topological polar surface area (TPSA) is 50.4 Å². The first-order chi connectivity index (χ1) is 13.2. The van der Waals surface area contributed by atoms with Crippen molar-refractivity contribution in [2.75, 3.05) is 11.9 Å². The number of carbonyl (C=O) groups is 1. The molecule has 4 nitrogen and oxygen atoms in total. The molecule has 28 heavy (non-hydrogen) atoms. The van der Waals surface area contributed by atoms with Crippen molar-refractivity contribution in [1.29, 1.82) is 0 Å². The van der Waals surface area contributed by atoms with Crippen LogP contribution in [0.2, 0.25) is 15.1 Å². The molecule has 1 amide bonds. The van der Waals surface area contributed by atoms with Gasteiger partial charge in [-0.2, -0.15) is 0 Å². The first-order valence-electron chi connectivity index (χ1n) is 8.36. The predicted molar refractivity (Wildman–Crippen MR) is 124 cm³/mol. The lowest BCUT2D eigenvalue weighted by molar-refractivity contribution is 0.0977. The molecule has 9 heteroatoms. The van der Waals surface area contributed by atoms with Gasteiger partial charge in [-0.25, -0.2) is 0 Å². The minimum atomic E-state index is -0.372. The SMILES string of the molecule is CC(C)CCOc1ccc(C(=O)NC(=S)Nc2cc(Cl)c(Cl)cc2Cl)cc1Br. The van der Waals surface area contributed by atoms with Gasteiger partial charge >= 0.3 is 0 Å². The van der Waals surface area contributed by atoms with E-state index in [1.807, 2.05) is 0 Å². The van der Waals surface area contributed by atoms with Gasteiger partial charge in [0.25, 0.3) is 5.91 Å². The molecule has 2 aromatic rings. The van der Waals surface area contributed by atoms with Crippen molar-refractivity contribution in [2.45, 2.75) is 20.3 Å². The molecule has 0 aliphatic rings. The van der Waals surface area contributed by atoms with E-state index in [0.29, 0.717) is 49.1 Å². The van der Waals surface area contributed by atoms with Crippen LogP contribution in [0.1, 0.15) is 30.6 Å². The van der Waals surface area contributed by atoms with Crippen molar-refractivity contribution in [3.8, 4) is 5.75 Å². The van der Waals surface area contributed by atoms with E-state index in [2.05, 4.69) is 40.4 Å². The highest BCUT2D eigenvalue weighted by Gasteiger charge is 2.13. The molecule has 0 atom stereocenters. The summed E-state index contributed by atoms with van der Waals surface area (Å²) in [4.78, 5) is 12.4. The fraction of sp³-hybridized carbons (Fsp3) is 0.263. The molecule has 0 spiro atoms. The van der Waals surface area contributed by atoms with Crippen LogP contribution in [0, 0.1) is 5.92 Å². The molecule has 0 saturated heterocycles. The minimum Gasteiger partial charge on any atom is -0.492 e. The largest absolute Gasteiger partial charge is 0.492 e. The van der Waals surface area contributed by atoms with Crippen molar-refractivity contribution in [1.82, 2.24) is 5.32 Å². The fourth-order valence-corrected chi connectivity index (χ4v) is 3.40. The van der Waals surface area contributed by atoms with Crippen molar-refractivity contribution in [2.24, 2.45) is 5.92 Å². The molecular formula is C19H18BrCl3N2O2S. The predicted octanol–water partition coefficient (Wildman–Crippen LogP) is 6.96. The van der Waals surface area contributed by atoms with E-state index in [1.165, 1.54) is 12.1 Å².